The van der Waals surface area contributed by atoms with Gasteiger partial charge in [-0.3, -0.25) is 9.89 Å². The fraction of sp³-hybridized carbons (Fsp3) is 0.938. The molecule has 2 aliphatic heterocycles. The topological polar surface area (TPSA) is 44.9 Å². The SMILES string of the molecule is NC(=NCC1(N2CCSCC2)CCCCC1)N1CCSCC1. The summed E-state index contributed by atoms with van der Waals surface area (Å²) in [6, 6.07) is 0. The summed E-state index contributed by atoms with van der Waals surface area (Å²) in [6.07, 6.45) is 6.74. The van der Waals surface area contributed by atoms with E-state index in [9.17, 15) is 0 Å². The summed E-state index contributed by atoms with van der Waals surface area (Å²) in [7, 11) is 0. The molecule has 126 valence electrons. The van der Waals surface area contributed by atoms with Crippen LogP contribution in [0.2, 0.25) is 0 Å². The first-order chi connectivity index (χ1) is 10.8. The predicted octanol–water partition coefficient (Wildman–Crippen LogP) is 2.10. The van der Waals surface area contributed by atoms with Gasteiger partial charge in [0.05, 0.1) is 6.54 Å². The van der Waals surface area contributed by atoms with Crippen LogP contribution >= 0.6 is 23.5 Å². The van der Waals surface area contributed by atoms with Crippen LogP contribution in [0, 0.1) is 0 Å². The van der Waals surface area contributed by atoms with Crippen LogP contribution in [0.4, 0.5) is 0 Å². The van der Waals surface area contributed by atoms with E-state index in [-0.39, 0.29) is 0 Å². The predicted molar refractivity (Wildman–Crippen MR) is 100 cm³/mol. The highest BCUT2D eigenvalue weighted by atomic mass is 32.2. The molecule has 0 atom stereocenters. The second-order valence-electron chi connectivity index (χ2n) is 6.66. The van der Waals surface area contributed by atoms with Crippen molar-refractivity contribution in [2.75, 3.05) is 55.7 Å². The van der Waals surface area contributed by atoms with Gasteiger partial charge in [-0.1, -0.05) is 19.3 Å². The molecular weight excluding hydrogens is 312 g/mol. The van der Waals surface area contributed by atoms with Crippen LogP contribution in [-0.4, -0.2) is 77.0 Å². The van der Waals surface area contributed by atoms with E-state index in [1.807, 2.05) is 11.8 Å². The third kappa shape index (κ3) is 4.06. The number of nitrogens with zero attached hydrogens (tertiary/aromatic N) is 3. The second-order valence-corrected chi connectivity index (χ2v) is 9.11. The first-order valence-corrected chi connectivity index (χ1v) is 11.1. The molecule has 0 unspecified atom stereocenters. The molecule has 6 heteroatoms. The van der Waals surface area contributed by atoms with E-state index in [4.69, 9.17) is 10.7 Å². The van der Waals surface area contributed by atoms with E-state index in [1.165, 1.54) is 68.2 Å². The maximum atomic E-state index is 6.30. The van der Waals surface area contributed by atoms with E-state index in [0.717, 1.165) is 25.6 Å². The summed E-state index contributed by atoms with van der Waals surface area (Å²) in [5.41, 5.74) is 6.60. The van der Waals surface area contributed by atoms with Gasteiger partial charge in [0.15, 0.2) is 5.96 Å². The molecule has 0 aromatic rings. The van der Waals surface area contributed by atoms with Crippen molar-refractivity contribution in [3.8, 4) is 0 Å². The van der Waals surface area contributed by atoms with Crippen LogP contribution in [0.1, 0.15) is 32.1 Å². The molecule has 3 aliphatic rings. The Balaban J connectivity index is 1.66. The average Bonchev–Trinajstić information content (AvgIpc) is 2.62. The monoisotopic (exact) mass is 342 g/mol. The van der Waals surface area contributed by atoms with Crippen LogP contribution in [-0.2, 0) is 0 Å². The van der Waals surface area contributed by atoms with E-state index in [1.54, 1.807) is 0 Å². The molecule has 0 aromatic heterocycles. The van der Waals surface area contributed by atoms with Gasteiger partial charge < -0.3 is 10.6 Å². The zero-order valence-electron chi connectivity index (χ0n) is 13.6. The lowest BCUT2D eigenvalue weighted by Crippen LogP contribution is -2.55. The molecule has 0 aromatic carbocycles. The van der Waals surface area contributed by atoms with Crippen molar-refractivity contribution < 1.29 is 0 Å². The summed E-state index contributed by atoms with van der Waals surface area (Å²) in [6.45, 7) is 5.51. The molecule has 22 heavy (non-hydrogen) atoms. The highest BCUT2D eigenvalue weighted by Gasteiger charge is 2.38. The zero-order chi connectivity index (χ0) is 15.3. The van der Waals surface area contributed by atoms with E-state index in [2.05, 4.69) is 21.6 Å². The third-order valence-electron chi connectivity index (χ3n) is 5.34. The standard InChI is InChI=1S/C16H30N4S2/c17-15(19-6-10-21-11-7-19)18-14-16(4-2-1-3-5-16)20-8-12-22-13-9-20/h1-14H2,(H2,17,18). The fourth-order valence-electron chi connectivity index (χ4n) is 3.94. The molecule has 1 saturated carbocycles. The molecule has 1 aliphatic carbocycles. The maximum absolute atomic E-state index is 6.30. The van der Waals surface area contributed by atoms with Gasteiger partial charge in [0.2, 0.25) is 0 Å². The lowest BCUT2D eigenvalue weighted by Gasteiger charge is -2.47. The summed E-state index contributed by atoms with van der Waals surface area (Å²) in [5.74, 6) is 5.72. The highest BCUT2D eigenvalue weighted by Crippen LogP contribution is 2.35. The van der Waals surface area contributed by atoms with Crippen molar-refractivity contribution in [2.24, 2.45) is 10.7 Å². The third-order valence-corrected chi connectivity index (χ3v) is 7.22. The molecule has 2 N–H and O–H groups in total. The lowest BCUT2D eigenvalue weighted by molar-refractivity contribution is 0.0670. The van der Waals surface area contributed by atoms with E-state index < -0.39 is 0 Å². The van der Waals surface area contributed by atoms with Crippen molar-refractivity contribution in [2.45, 2.75) is 37.6 Å². The lowest BCUT2D eigenvalue weighted by atomic mass is 9.80. The number of rotatable bonds is 3. The molecule has 0 bridgehead atoms. The summed E-state index contributed by atoms with van der Waals surface area (Å²) < 4.78 is 0. The molecule has 0 spiro atoms. The van der Waals surface area contributed by atoms with Crippen molar-refractivity contribution in [1.29, 1.82) is 0 Å². The Hall–Kier alpha value is -0.0700. The molecular formula is C16H30N4S2. The Bertz CT molecular complexity index is 370. The molecule has 3 fully saturated rings. The van der Waals surface area contributed by atoms with Gasteiger partial charge in [-0.05, 0) is 12.8 Å². The Morgan fingerprint density at radius 1 is 0.909 bits per heavy atom. The van der Waals surface area contributed by atoms with Crippen LogP contribution in [0.15, 0.2) is 4.99 Å². The number of guanidine groups is 1. The highest BCUT2D eigenvalue weighted by molar-refractivity contribution is 7.99. The van der Waals surface area contributed by atoms with Crippen LogP contribution in [0.25, 0.3) is 0 Å². The zero-order valence-corrected chi connectivity index (χ0v) is 15.3. The van der Waals surface area contributed by atoms with Gasteiger partial charge in [-0.2, -0.15) is 23.5 Å². The Kier molecular flexibility index (Phi) is 6.22. The van der Waals surface area contributed by atoms with Crippen molar-refractivity contribution in [3.63, 3.8) is 0 Å². The average molecular weight is 343 g/mol. The Morgan fingerprint density at radius 3 is 2.14 bits per heavy atom. The molecule has 2 saturated heterocycles. The molecule has 3 rings (SSSR count). The first-order valence-electron chi connectivity index (χ1n) is 8.76. The van der Waals surface area contributed by atoms with Crippen molar-refractivity contribution >= 4 is 29.5 Å². The van der Waals surface area contributed by atoms with E-state index >= 15 is 0 Å². The quantitative estimate of drug-likeness (QED) is 0.629. The maximum Gasteiger partial charge on any atom is 0.191 e. The smallest absolute Gasteiger partial charge is 0.191 e. The van der Waals surface area contributed by atoms with Gasteiger partial charge in [0.1, 0.15) is 0 Å². The number of hydrogen-bond acceptors (Lipinski definition) is 4. The first kappa shape index (κ1) is 16.8. The van der Waals surface area contributed by atoms with Gasteiger partial charge in [0.25, 0.3) is 0 Å². The largest absolute Gasteiger partial charge is 0.370 e. The van der Waals surface area contributed by atoms with Gasteiger partial charge in [-0.25, -0.2) is 0 Å². The van der Waals surface area contributed by atoms with Crippen LogP contribution < -0.4 is 5.73 Å². The minimum atomic E-state index is 0.300. The second kappa shape index (κ2) is 8.15. The van der Waals surface area contributed by atoms with E-state index in [0.29, 0.717) is 5.54 Å². The summed E-state index contributed by atoms with van der Waals surface area (Å²) in [5, 5.41) is 0. The molecule has 2 heterocycles. The minimum Gasteiger partial charge on any atom is -0.370 e. The van der Waals surface area contributed by atoms with Crippen LogP contribution in [0.3, 0.4) is 0 Å². The molecule has 0 radical (unpaired) electrons. The van der Waals surface area contributed by atoms with Gasteiger partial charge >= 0.3 is 0 Å². The summed E-state index contributed by atoms with van der Waals surface area (Å²) in [4.78, 5) is 9.90. The van der Waals surface area contributed by atoms with Gasteiger partial charge in [0, 0.05) is 54.7 Å². The summed E-state index contributed by atoms with van der Waals surface area (Å²) >= 11 is 4.12. The number of thioether (sulfide) groups is 2. The van der Waals surface area contributed by atoms with Crippen molar-refractivity contribution in [3.05, 3.63) is 0 Å². The number of hydrogen-bond donors (Lipinski definition) is 1. The number of aliphatic imine (C=N–C) groups is 1. The van der Waals surface area contributed by atoms with Crippen LogP contribution in [0.5, 0.6) is 0 Å². The minimum absolute atomic E-state index is 0.300. The Labute approximate surface area is 143 Å². The normalized spacial score (nSPS) is 27.8. The molecule has 0 amide bonds. The molecule has 4 nitrogen and oxygen atoms in total. The fourth-order valence-corrected chi connectivity index (χ4v) is 5.75. The Morgan fingerprint density at radius 2 is 1.50 bits per heavy atom. The van der Waals surface area contributed by atoms with Crippen molar-refractivity contribution in [1.82, 2.24) is 9.80 Å². The number of nitrogens with two attached hydrogens (primary N) is 1. The van der Waals surface area contributed by atoms with Gasteiger partial charge in [-0.15, -0.1) is 0 Å².